The first-order valence-electron chi connectivity index (χ1n) is 8.54. The van der Waals surface area contributed by atoms with Crippen LogP contribution < -0.4 is 9.64 Å². The molecule has 1 atom stereocenters. The van der Waals surface area contributed by atoms with Crippen molar-refractivity contribution in [1.82, 2.24) is 0 Å². The van der Waals surface area contributed by atoms with Crippen LogP contribution >= 0.6 is 0 Å². The molecule has 0 aliphatic carbocycles. The van der Waals surface area contributed by atoms with Crippen molar-refractivity contribution in [3.63, 3.8) is 0 Å². The van der Waals surface area contributed by atoms with Crippen LogP contribution in [0.25, 0.3) is 0 Å². The fraction of sp³-hybridized carbons (Fsp3) is 0.350. The van der Waals surface area contributed by atoms with E-state index in [1.165, 1.54) is 0 Å². The van der Waals surface area contributed by atoms with Gasteiger partial charge < -0.3 is 14.7 Å². The normalized spacial score (nSPS) is 16.6. The van der Waals surface area contributed by atoms with Gasteiger partial charge in [-0.3, -0.25) is 4.79 Å². The zero-order valence-corrected chi connectivity index (χ0v) is 13.9. The van der Waals surface area contributed by atoms with E-state index in [2.05, 4.69) is 6.92 Å². The Morgan fingerprint density at radius 2 is 1.92 bits per heavy atom. The third-order valence-corrected chi connectivity index (χ3v) is 4.29. The number of rotatable bonds is 6. The molecule has 2 aromatic rings. The van der Waals surface area contributed by atoms with E-state index in [4.69, 9.17) is 4.74 Å². The first-order valence-corrected chi connectivity index (χ1v) is 8.54. The average Bonchev–Trinajstić information content (AvgIpc) is 2.59. The molecule has 1 aliphatic rings. The number of anilines is 1. The molecule has 1 heterocycles. The number of carbonyl (C=O) groups excluding carboxylic acids is 1. The summed E-state index contributed by atoms with van der Waals surface area (Å²) in [5, 5.41) is 9.77. The fourth-order valence-electron chi connectivity index (χ4n) is 3.02. The van der Waals surface area contributed by atoms with Gasteiger partial charge in [-0.1, -0.05) is 50.1 Å². The zero-order chi connectivity index (χ0) is 16.9. The summed E-state index contributed by atoms with van der Waals surface area (Å²) in [7, 11) is 0. The van der Waals surface area contributed by atoms with E-state index in [1.807, 2.05) is 30.3 Å². The van der Waals surface area contributed by atoms with Gasteiger partial charge in [-0.25, -0.2) is 0 Å². The summed E-state index contributed by atoms with van der Waals surface area (Å²) in [6.45, 7) is 2.79. The molecule has 0 spiro atoms. The predicted molar refractivity (Wildman–Crippen MR) is 94.5 cm³/mol. The van der Waals surface area contributed by atoms with Crippen molar-refractivity contribution >= 4 is 11.6 Å². The fourth-order valence-corrected chi connectivity index (χ4v) is 3.02. The number of carbonyl (C=O) groups is 1. The number of amides is 1. The molecule has 126 valence electrons. The number of benzene rings is 2. The van der Waals surface area contributed by atoms with Gasteiger partial charge in [0.2, 0.25) is 0 Å². The van der Waals surface area contributed by atoms with Crippen LogP contribution in [0.5, 0.6) is 11.5 Å². The minimum absolute atomic E-state index is 0.0342. The van der Waals surface area contributed by atoms with E-state index in [-0.39, 0.29) is 11.7 Å². The zero-order valence-electron chi connectivity index (χ0n) is 13.9. The molecule has 3 rings (SSSR count). The van der Waals surface area contributed by atoms with Crippen molar-refractivity contribution in [3.8, 4) is 11.5 Å². The number of hydrogen-bond donors (Lipinski definition) is 1. The molecule has 4 nitrogen and oxygen atoms in total. The quantitative estimate of drug-likeness (QED) is 0.819. The van der Waals surface area contributed by atoms with Crippen LogP contribution in [0.1, 0.15) is 31.7 Å². The molecule has 0 aromatic heterocycles. The van der Waals surface area contributed by atoms with Gasteiger partial charge >= 0.3 is 0 Å². The highest BCUT2D eigenvalue weighted by Gasteiger charge is 2.34. The van der Waals surface area contributed by atoms with Crippen molar-refractivity contribution in [1.29, 1.82) is 0 Å². The first-order chi connectivity index (χ1) is 11.7. The molecule has 1 amide bonds. The van der Waals surface area contributed by atoms with Crippen LogP contribution in [0.2, 0.25) is 0 Å². The van der Waals surface area contributed by atoms with E-state index in [1.54, 1.807) is 23.1 Å². The molecule has 0 bridgehead atoms. The van der Waals surface area contributed by atoms with Gasteiger partial charge in [0, 0.05) is 19.0 Å². The molecular formula is C20H23NO3. The second kappa shape index (κ2) is 7.39. The van der Waals surface area contributed by atoms with Gasteiger partial charge in [0.05, 0.1) is 5.69 Å². The molecule has 1 aliphatic heterocycles. The molecule has 4 heteroatoms. The van der Waals surface area contributed by atoms with E-state index < -0.39 is 6.10 Å². The Kier molecular flexibility index (Phi) is 5.04. The number of phenolic OH excluding ortho intramolecular Hbond substituents is 1. The standard InChI is InChI=1S/C20H23NO3/c1-2-3-7-12-21-17-14-16(22)10-11-18(17)24-19(20(21)23)13-15-8-5-4-6-9-15/h4-6,8-11,14,19,22H,2-3,7,12-13H2,1H3. The number of hydrogen-bond acceptors (Lipinski definition) is 3. The number of unbranched alkanes of at least 4 members (excludes halogenated alkanes) is 2. The number of nitrogens with zero attached hydrogens (tertiary/aromatic N) is 1. The second-order valence-electron chi connectivity index (χ2n) is 6.15. The topological polar surface area (TPSA) is 49.8 Å². The smallest absolute Gasteiger partial charge is 0.268 e. The molecule has 0 fully saturated rings. The third kappa shape index (κ3) is 3.53. The number of ether oxygens (including phenoxy) is 1. The van der Waals surface area contributed by atoms with Gasteiger partial charge in [0.1, 0.15) is 11.5 Å². The maximum absolute atomic E-state index is 12.9. The van der Waals surface area contributed by atoms with Crippen molar-refractivity contribution in [2.24, 2.45) is 0 Å². The summed E-state index contributed by atoms with van der Waals surface area (Å²) in [6, 6.07) is 14.8. The summed E-state index contributed by atoms with van der Waals surface area (Å²) < 4.78 is 5.94. The Morgan fingerprint density at radius 3 is 2.67 bits per heavy atom. The van der Waals surface area contributed by atoms with Gasteiger partial charge in [-0.15, -0.1) is 0 Å². The maximum atomic E-state index is 12.9. The summed E-state index contributed by atoms with van der Waals surface area (Å²) >= 11 is 0. The van der Waals surface area contributed by atoms with Crippen LogP contribution in [0, 0.1) is 0 Å². The summed E-state index contributed by atoms with van der Waals surface area (Å²) in [5.74, 6) is 0.769. The molecule has 24 heavy (non-hydrogen) atoms. The van der Waals surface area contributed by atoms with Gasteiger partial charge in [0.25, 0.3) is 5.91 Å². The largest absolute Gasteiger partial charge is 0.508 e. The highest BCUT2D eigenvalue weighted by molar-refractivity contribution is 6.00. The van der Waals surface area contributed by atoms with Crippen LogP contribution in [0.4, 0.5) is 5.69 Å². The first kappa shape index (κ1) is 16.4. The predicted octanol–water partition coefficient (Wildman–Crippen LogP) is 3.92. The lowest BCUT2D eigenvalue weighted by atomic mass is 10.0. The monoisotopic (exact) mass is 325 g/mol. The molecule has 0 saturated heterocycles. The molecule has 1 N–H and O–H groups in total. The highest BCUT2D eigenvalue weighted by Crippen LogP contribution is 2.37. The second-order valence-corrected chi connectivity index (χ2v) is 6.15. The highest BCUT2D eigenvalue weighted by atomic mass is 16.5. The minimum Gasteiger partial charge on any atom is -0.508 e. The lowest BCUT2D eigenvalue weighted by Crippen LogP contribution is -2.47. The van der Waals surface area contributed by atoms with E-state index in [9.17, 15) is 9.90 Å². The maximum Gasteiger partial charge on any atom is 0.268 e. The van der Waals surface area contributed by atoms with Crippen molar-refractivity contribution in [2.45, 2.75) is 38.7 Å². The Labute approximate surface area is 142 Å². The molecule has 2 aromatic carbocycles. The van der Waals surface area contributed by atoms with Crippen LogP contribution in [0.3, 0.4) is 0 Å². The molecule has 0 radical (unpaired) electrons. The van der Waals surface area contributed by atoms with Crippen molar-refractivity contribution in [3.05, 3.63) is 54.1 Å². The lowest BCUT2D eigenvalue weighted by Gasteiger charge is -2.34. The molecule has 0 saturated carbocycles. The minimum atomic E-state index is -0.522. The van der Waals surface area contributed by atoms with Crippen molar-refractivity contribution < 1.29 is 14.6 Å². The van der Waals surface area contributed by atoms with Crippen LogP contribution in [0.15, 0.2) is 48.5 Å². The third-order valence-electron chi connectivity index (χ3n) is 4.29. The summed E-state index contributed by atoms with van der Waals surface area (Å²) in [5.41, 5.74) is 1.74. The van der Waals surface area contributed by atoms with Gasteiger partial charge in [-0.2, -0.15) is 0 Å². The molecule has 1 unspecified atom stereocenters. The van der Waals surface area contributed by atoms with Gasteiger partial charge in [0.15, 0.2) is 6.10 Å². The van der Waals surface area contributed by atoms with E-state index in [0.29, 0.717) is 24.4 Å². The number of aromatic hydroxyl groups is 1. The number of fused-ring (bicyclic) bond motifs is 1. The summed E-state index contributed by atoms with van der Waals surface area (Å²) in [4.78, 5) is 14.7. The SMILES string of the molecule is CCCCCN1C(=O)C(Cc2ccccc2)Oc2ccc(O)cc21. The Morgan fingerprint density at radius 1 is 1.12 bits per heavy atom. The Bertz CT molecular complexity index is 699. The van der Waals surface area contributed by atoms with Crippen LogP contribution in [-0.2, 0) is 11.2 Å². The Hall–Kier alpha value is -2.49. The van der Waals surface area contributed by atoms with E-state index >= 15 is 0 Å². The molecular weight excluding hydrogens is 302 g/mol. The average molecular weight is 325 g/mol. The van der Waals surface area contributed by atoms with Crippen LogP contribution in [-0.4, -0.2) is 23.7 Å². The lowest BCUT2D eigenvalue weighted by molar-refractivity contribution is -0.126. The summed E-state index contributed by atoms with van der Waals surface area (Å²) in [6.07, 6.45) is 3.13. The van der Waals surface area contributed by atoms with E-state index in [0.717, 1.165) is 24.8 Å². The Balaban J connectivity index is 1.85. The van der Waals surface area contributed by atoms with Gasteiger partial charge in [-0.05, 0) is 24.1 Å². The van der Waals surface area contributed by atoms with Crippen molar-refractivity contribution in [2.75, 3.05) is 11.4 Å². The number of phenols is 1.